The van der Waals surface area contributed by atoms with Crippen LogP contribution in [-0.4, -0.2) is 46.7 Å². The first-order chi connectivity index (χ1) is 12.6. The van der Waals surface area contributed by atoms with Gasteiger partial charge < -0.3 is 10.4 Å². The van der Waals surface area contributed by atoms with Crippen molar-refractivity contribution < 1.29 is 9.90 Å². The van der Waals surface area contributed by atoms with E-state index < -0.39 is 11.1 Å². The Morgan fingerprint density at radius 3 is 2.15 bits per heavy atom. The quantitative estimate of drug-likeness (QED) is 0.872. The summed E-state index contributed by atoms with van der Waals surface area (Å²) in [5, 5.41) is 14.0. The number of likely N-dealkylation sites (tertiary alicyclic amines) is 1. The van der Waals surface area contributed by atoms with Crippen LogP contribution < -0.4 is 5.32 Å². The molecule has 0 aromatic heterocycles. The third-order valence-electron chi connectivity index (χ3n) is 6.83. The molecule has 0 bridgehead atoms. The number of carbonyl (C=O) groups excluding carboxylic acids is 1. The Labute approximate surface area is 157 Å². The summed E-state index contributed by atoms with van der Waals surface area (Å²) in [5.74, 6) is 0.120. The van der Waals surface area contributed by atoms with E-state index >= 15 is 0 Å². The van der Waals surface area contributed by atoms with Crippen molar-refractivity contribution in [2.24, 2.45) is 0 Å². The largest absolute Gasteiger partial charge is 0.388 e. The molecular weight excluding hydrogens is 324 g/mol. The first-order valence-corrected chi connectivity index (χ1v) is 10.4. The van der Waals surface area contributed by atoms with Crippen LogP contribution in [0, 0.1) is 0 Å². The van der Waals surface area contributed by atoms with Gasteiger partial charge in [-0.25, -0.2) is 0 Å². The van der Waals surface area contributed by atoms with Gasteiger partial charge in [0.15, 0.2) is 0 Å². The van der Waals surface area contributed by atoms with E-state index in [-0.39, 0.29) is 5.91 Å². The van der Waals surface area contributed by atoms with Gasteiger partial charge in [0.2, 0.25) is 5.91 Å². The van der Waals surface area contributed by atoms with E-state index in [0.717, 1.165) is 51.6 Å². The molecule has 1 aromatic rings. The minimum absolute atomic E-state index is 0.120. The molecule has 4 heteroatoms. The maximum atomic E-state index is 13.5. The monoisotopic (exact) mass is 356 g/mol. The number of nitrogens with zero attached hydrogens (tertiary/aromatic N) is 1. The lowest BCUT2D eigenvalue weighted by Gasteiger charge is -2.43. The third-order valence-corrected chi connectivity index (χ3v) is 6.83. The van der Waals surface area contributed by atoms with E-state index in [0.29, 0.717) is 6.54 Å². The number of rotatable bonds is 4. The van der Waals surface area contributed by atoms with Crippen LogP contribution >= 0.6 is 0 Å². The number of aliphatic hydroxyl groups is 1. The van der Waals surface area contributed by atoms with Gasteiger partial charge in [0.05, 0.1) is 5.60 Å². The molecule has 1 heterocycles. The van der Waals surface area contributed by atoms with Gasteiger partial charge in [-0.1, -0.05) is 49.9 Å². The minimum atomic E-state index is -0.706. The molecule has 4 nitrogen and oxygen atoms in total. The van der Waals surface area contributed by atoms with Crippen LogP contribution in [0.2, 0.25) is 0 Å². The molecule has 1 saturated carbocycles. The van der Waals surface area contributed by atoms with Gasteiger partial charge in [-0.05, 0) is 49.9 Å². The molecule has 1 aliphatic heterocycles. The van der Waals surface area contributed by atoms with Gasteiger partial charge in [0.1, 0.15) is 5.54 Å². The van der Waals surface area contributed by atoms with E-state index in [1.807, 2.05) is 0 Å². The Balaban J connectivity index is 1.52. The van der Waals surface area contributed by atoms with E-state index in [2.05, 4.69) is 34.5 Å². The minimum Gasteiger partial charge on any atom is -0.388 e. The topological polar surface area (TPSA) is 52.6 Å². The average molecular weight is 357 g/mol. The first-order valence-electron chi connectivity index (χ1n) is 10.4. The summed E-state index contributed by atoms with van der Waals surface area (Å²) in [4.78, 5) is 15.9. The Kier molecular flexibility index (Phi) is 5.07. The zero-order valence-electron chi connectivity index (χ0n) is 15.8. The molecule has 2 fully saturated rings. The highest BCUT2D eigenvalue weighted by Gasteiger charge is 2.48. The smallest absolute Gasteiger partial charge is 0.241 e. The van der Waals surface area contributed by atoms with Crippen molar-refractivity contribution in [3.63, 3.8) is 0 Å². The second-order valence-corrected chi connectivity index (χ2v) is 8.67. The van der Waals surface area contributed by atoms with Crippen molar-refractivity contribution in [3.05, 3.63) is 35.4 Å². The van der Waals surface area contributed by atoms with Crippen LogP contribution in [0.15, 0.2) is 24.3 Å². The van der Waals surface area contributed by atoms with E-state index in [9.17, 15) is 9.90 Å². The van der Waals surface area contributed by atoms with Gasteiger partial charge in [-0.3, -0.25) is 9.69 Å². The molecule has 142 valence electrons. The zero-order chi connectivity index (χ0) is 18.0. The molecule has 3 aliphatic rings. The van der Waals surface area contributed by atoms with Gasteiger partial charge in [0, 0.05) is 19.4 Å². The van der Waals surface area contributed by atoms with Crippen LogP contribution in [-0.2, 0) is 17.6 Å². The fourth-order valence-corrected chi connectivity index (χ4v) is 5.24. The summed E-state index contributed by atoms with van der Waals surface area (Å²) in [5.41, 5.74) is 1.45. The van der Waals surface area contributed by atoms with E-state index in [1.165, 1.54) is 36.8 Å². The average Bonchev–Trinajstić information content (AvgIpc) is 3.08. The van der Waals surface area contributed by atoms with Gasteiger partial charge in [0.25, 0.3) is 0 Å². The number of nitrogens with one attached hydrogen (secondary N) is 1. The molecule has 26 heavy (non-hydrogen) atoms. The standard InChI is InChI=1S/C22H32N2O2/c25-20(23-17-21(26)11-5-1-6-12-21)22(24-13-7-2-8-14-24)15-18-9-3-4-10-19(18)16-22/h3-4,9-10,26H,1-2,5-8,11-17H2,(H,23,25). The van der Waals surface area contributed by atoms with Crippen molar-refractivity contribution in [2.45, 2.75) is 75.3 Å². The van der Waals surface area contributed by atoms with Crippen LogP contribution in [0.3, 0.4) is 0 Å². The molecule has 0 unspecified atom stereocenters. The lowest BCUT2D eigenvalue weighted by Crippen LogP contribution is -2.62. The van der Waals surface area contributed by atoms with Crippen molar-refractivity contribution in [2.75, 3.05) is 19.6 Å². The van der Waals surface area contributed by atoms with Crippen LogP contribution in [0.1, 0.15) is 62.5 Å². The van der Waals surface area contributed by atoms with Crippen molar-refractivity contribution in [1.29, 1.82) is 0 Å². The molecular formula is C22H32N2O2. The molecule has 1 amide bonds. The molecule has 2 N–H and O–H groups in total. The second kappa shape index (κ2) is 7.32. The highest BCUT2D eigenvalue weighted by atomic mass is 16.3. The van der Waals surface area contributed by atoms with Crippen molar-refractivity contribution >= 4 is 5.91 Å². The fraction of sp³-hybridized carbons (Fsp3) is 0.682. The van der Waals surface area contributed by atoms with Crippen molar-refractivity contribution in [3.8, 4) is 0 Å². The summed E-state index contributed by atoms with van der Waals surface area (Å²) < 4.78 is 0. The second-order valence-electron chi connectivity index (χ2n) is 8.67. The molecule has 0 radical (unpaired) electrons. The Bertz CT molecular complexity index is 620. The number of piperidine rings is 1. The number of fused-ring (bicyclic) bond motifs is 1. The van der Waals surface area contributed by atoms with Crippen LogP contribution in [0.25, 0.3) is 0 Å². The summed E-state index contributed by atoms with van der Waals surface area (Å²) in [6.45, 7) is 2.41. The third kappa shape index (κ3) is 3.41. The Morgan fingerprint density at radius 2 is 1.54 bits per heavy atom. The highest BCUT2D eigenvalue weighted by molar-refractivity contribution is 5.88. The maximum absolute atomic E-state index is 13.5. The highest BCUT2D eigenvalue weighted by Crippen LogP contribution is 2.37. The Hall–Kier alpha value is -1.39. The summed E-state index contributed by atoms with van der Waals surface area (Å²) >= 11 is 0. The normalized spacial score (nSPS) is 24.8. The molecule has 0 atom stereocenters. The van der Waals surface area contributed by atoms with E-state index in [4.69, 9.17) is 0 Å². The maximum Gasteiger partial charge on any atom is 0.241 e. The lowest BCUT2D eigenvalue weighted by molar-refractivity contribution is -0.135. The molecule has 1 aromatic carbocycles. The SMILES string of the molecule is O=C(NCC1(O)CCCCC1)C1(N2CCCCC2)Cc2ccccc2C1. The van der Waals surface area contributed by atoms with Gasteiger partial charge >= 0.3 is 0 Å². The molecule has 0 spiro atoms. The Morgan fingerprint density at radius 1 is 0.962 bits per heavy atom. The predicted molar refractivity (Wildman–Crippen MR) is 103 cm³/mol. The lowest BCUT2D eigenvalue weighted by atomic mass is 9.84. The van der Waals surface area contributed by atoms with Crippen molar-refractivity contribution in [1.82, 2.24) is 10.2 Å². The summed E-state index contributed by atoms with van der Waals surface area (Å²) in [6.07, 6.45) is 10.2. The van der Waals surface area contributed by atoms with Gasteiger partial charge in [-0.2, -0.15) is 0 Å². The summed E-state index contributed by atoms with van der Waals surface area (Å²) in [7, 11) is 0. The number of hydrogen-bond donors (Lipinski definition) is 2. The number of carbonyl (C=O) groups is 1. The van der Waals surface area contributed by atoms with Crippen LogP contribution in [0.4, 0.5) is 0 Å². The van der Waals surface area contributed by atoms with Crippen LogP contribution in [0.5, 0.6) is 0 Å². The number of hydrogen-bond acceptors (Lipinski definition) is 3. The molecule has 4 rings (SSSR count). The fourth-order valence-electron chi connectivity index (χ4n) is 5.24. The number of amides is 1. The molecule has 1 saturated heterocycles. The number of benzene rings is 1. The first kappa shape index (κ1) is 18.0. The summed E-state index contributed by atoms with van der Waals surface area (Å²) in [6, 6.07) is 8.49. The predicted octanol–water partition coefficient (Wildman–Crippen LogP) is 2.82. The zero-order valence-corrected chi connectivity index (χ0v) is 15.8. The van der Waals surface area contributed by atoms with E-state index in [1.54, 1.807) is 0 Å². The van der Waals surface area contributed by atoms with Gasteiger partial charge in [-0.15, -0.1) is 0 Å². The molecule has 2 aliphatic carbocycles.